The van der Waals surface area contributed by atoms with E-state index in [0.717, 1.165) is 35.3 Å². The van der Waals surface area contributed by atoms with Crippen molar-refractivity contribution in [2.75, 3.05) is 12.9 Å². The molecule has 2 aromatic carbocycles. The number of benzene rings is 2. The Morgan fingerprint density at radius 3 is 2.17 bits per heavy atom. The highest BCUT2D eigenvalue weighted by Gasteiger charge is 2.11. The molecule has 0 amide bonds. The fourth-order valence-corrected chi connectivity index (χ4v) is 3.61. The lowest BCUT2D eigenvalue weighted by Gasteiger charge is -2.11. The minimum Gasteiger partial charge on any atom is -0.611 e. The van der Waals surface area contributed by atoms with Crippen LogP contribution in [-0.2, 0) is 20.7 Å². The number of hydrogen-bond acceptors (Lipinski definition) is 3. The SMILES string of the molecule is COC(=O)CCCCC[S+]([O-])c1ccc(-c2ccc(Cl)cc2)cc1. The van der Waals surface area contributed by atoms with Gasteiger partial charge in [-0.1, -0.05) is 23.7 Å². The summed E-state index contributed by atoms with van der Waals surface area (Å²) in [5, 5.41) is 0.712. The fourth-order valence-electron chi connectivity index (χ4n) is 2.34. The maximum Gasteiger partial charge on any atom is 0.305 e. The molecule has 0 bridgehead atoms. The molecule has 2 rings (SSSR count). The molecule has 24 heavy (non-hydrogen) atoms. The van der Waals surface area contributed by atoms with Gasteiger partial charge in [0.15, 0.2) is 4.90 Å². The van der Waals surface area contributed by atoms with E-state index in [1.54, 1.807) is 0 Å². The first-order valence-corrected chi connectivity index (χ1v) is 9.61. The molecular weight excluding hydrogens is 344 g/mol. The summed E-state index contributed by atoms with van der Waals surface area (Å²) < 4.78 is 16.9. The molecule has 0 N–H and O–H groups in total. The van der Waals surface area contributed by atoms with Crippen LogP contribution in [0.1, 0.15) is 25.7 Å². The molecule has 2 aromatic rings. The summed E-state index contributed by atoms with van der Waals surface area (Å²) in [6.07, 6.45) is 2.92. The predicted octanol–water partition coefficient (Wildman–Crippen LogP) is 4.85. The Balaban J connectivity index is 1.81. The van der Waals surface area contributed by atoms with Crippen molar-refractivity contribution < 1.29 is 14.1 Å². The Bertz CT molecular complexity index is 641. The van der Waals surface area contributed by atoms with E-state index in [0.29, 0.717) is 17.2 Å². The first-order valence-electron chi connectivity index (χ1n) is 7.91. The number of carbonyl (C=O) groups excluding carboxylic acids is 1. The van der Waals surface area contributed by atoms with Gasteiger partial charge < -0.3 is 9.29 Å². The van der Waals surface area contributed by atoms with E-state index in [2.05, 4.69) is 4.74 Å². The summed E-state index contributed by atoms with van der Waals surface area (Å²) in [5.41, 5.74) is 2.16. The van der Waals surface area contributed by atoms with Crippen LogP contribution in [0.2, 0.25) is 5.02 Å². The van der Waals surface area contributed by atoms with Crippen molar-refractivity contribution in [3.05, 3.63) is 53.6 Å². The van der Waals surface area contributed by atoms with Gasteiger partial charge in [-0.3, -0.25) is 4.79 Å². The first kappa shape index (κ1) is 18.8. The number of rotatable bonds is 8. The molecule has 0 fully saturated rings. The average Bonchev–Trinajstić information content (AvgIpc) is 2.62. The Morgan fingerprint density at radius 2 is 1.58 bits per heavy atom. The normalized spacial score (nSPS) is 12.0. The van der Waals surface area contributed by atoms with E-state index in [9.17, 15) is 9.35 Å². The third-order valence-electron chi connectivity index (χ3n) is 3.73. The lowest BCUT2D eigenvalue weighted by atomic mass is 10.1. The monoisotopic (exact) mass is 364 g/mol. The van der Waals surface area contributed by atoms with Gasteiger partial charge in [-0.2, -0.15) is 0 Å². The van der Waals surface area contributed by atoms with Crippen molar-refractivity contribution in [1.82, 2.24) is 0 Å². The standard InChI is InChI=1S/C19H21ClO3S/c1-23-19(21)5-3-2-4-14-24(22)18-12-8-16(9-13-18)15-6-10-17(20)11-7-15/h6-13H,2-5,14H2,1H3. The molecule has 0 saturated carbocycles. The molecule has 3 nitrogen and oxygen atoms in total. The Labute approximate surface area is 151 Å². The zero-order chi connectivity index (χ0) is 17.4. The molecule has 0 aliphatic rings. The number of hydrogen-bond donors (Lipinski definition) is 0. The highest BCUT2D eigenvalue weighted by molar-refractivity contribution is 7.91. The number of unbranched alkanes of at least 4 members (excludes halogenated alkanes) is 2. The van der Waals surface area contributed by atoms with Crippen molar-refractivity contribution in [3.63, 3.8) is 0 Å². The van der Waals surface area contributed by atoms with E-state index in [1.807, 2.05) is 48.5 Å². The molecule has 1 atom stereocenters. The molecule has 0 heterocycles. The zero-order valence-corrected chi connectivity index (χ0v) is 15.2. The zero-order valence-electron chi connectivity index (χ0n) is 13.7. The molecule has 0 aliphatic carbocycles. The summed E-state index contributed by atoms with van der Waals surface area (Å²) in [4.78, 5) is 11.8. The Kier molecular flexibility index (Phi) is 7.63. The van der Waals surface area contributed by atoms with Crippen LogP contribution in [0.3, 0.4) is 0 Å². The minimum atomic E-state index is -1.00. The summed E-state index contributed by atoms with van der Waals surface area (Å²) >= 11 is 4.89. The van der Waals surface area contributed by atoms with E-state index < -0.39 is 11.2 Å². The van der Waals surface area contributed by atoms with Crippen LogP contribution in [0.5, 0.6) is 0 Å². The van der Waals surface area contributed by atoms with Crippen LogP contribution in [0.15, 0.2) is 53.4 Å². The number of methoxy groups -OCH3 is 1. The molecular formula is C19H21ClO3S. The maximum atomic E-state index is 12.3. The molecule has 128 valence electrons. The highest BCUT2D eigenvalue weighted by atomic mass is 35.5. The maximum absolute atomic E-state index is 12.3. The van der Waals surface area contributed by atoms with Gasteiger partial charge in [0, 0.05) is 11.4 Å². The largest absolute Gasteiger partial charge is 0.611 e. The van der Waals surface area contributed by atoms with Gasteiger partial charge in [0.1, 0.15) is 5.75 Å². The molecule has 0 radical (unpaired) electrons. The van der Waals surface area contributed by atoms with Gasteiger partial charge in [-0.15, -0.1) is 0 Å². The van der Waals surface area contributed by atoms with Gasteiger partial charge in [0.25, 0.3) is 0 Å². The number of esters is 1. The van der Waals surface area contributed by atoms with Crippen LogP contribution in [0.4, 0.5) is 0 Å². The van der Waals surface area contributed by atoms with Gasteiger partial charge in [0.05, 0.1) is 7.11 Å². The molecule has 0 saturated heterocycles. The Morgan fingerprint density at radius 1 is 1.00 bits per heavy atom. The van der Waals surface area contributed by atoms with Crippen molar-refractivity contribution in [2.24, 2.45) is 0 Å². The van der Waals surface area contributed by atoms with E-state index in [4.69, 9.17) is 11.6 Å². The number of carbonyl (C=O) groups is 1. The Hall–Kier alpha value is -1.49. The summed E-state index contributed by atoms with van der Waals surface area (Å²) in [7, 11) is 1.39. The van der Waals surface area contributed by atoms with Gasteiger partial charge in [0.2, 0.25) is 0 Å². The van der Waals surface area contributed by atoms with Crippen LogP contribution in [-0.4, -0.2) is 23.4 Å². The minimum absolute atomic E-state index is 0.186. The van der Waals surface area contributed by atoms with Crippen LogP contribution >= 0.6 is 11.6 Å². The molecule has 0 aromatic heterocycles. The van der Waals surface area contributed by atoms with Gasteiger partial charge in [-0.05, 0) is 78.0 Å². The second-order valence-electron chi connectivity index (χ2n) is 5.47. The van der Waals surface area contributed by atoms with Crippen molar-refractivity contribution in [1.29, 1.82) is 0 Å². The lowest BCUT2D eigenvalue weighted by Crippen LogP contribution is -2.07. The first-order chi connectivity index (χ1) is 11.6. The van der Waals surface area contributed by atoms with E-state index in [-0.39, 0.29) is 5.97 Å². The fraction of sp³-hybridized carbons (Fsp3) is 0.316. The number of halogens is 1. The summed E-state index contributed by atoms with van der Waals surface area (Å²) in [6, 6.07) is 15.4. The molecule has 0 aliphatic heterocycles. The number of ether oxygens (including phenoxy) is 1. The van der Waals surface area contributed by atoms with E-state index >= 15 is 0 Å². The van der Waals surface area contributed by atoms with Crippen molar-refractivity contribution in [3.8, 4) is 11.1 Å². The topological polar surface area (TPSA) is 49.4 Å². The smallest absolute Gasteiger partial charge is 0.305 e. The summed E-state index contributed by atoms with van der Waals surface area (Å²) in [5.74, 6) is 0.426. The van der Waals surface area contributed by atoms with Gasteiger partial charge in [-0.25, -0.2) is 0 Å². The van der Waals surface area contributed by atoms with Crippen molar-refractivity contribution >= 4 is 28.7 Å². The quantitative estimate of drug-likeness (QED) is 0.382. The highest BCUT2D eigenvalue weighted by Crippen LogP contribution is 2.23. The van der Waals surface area contributed by atoms with Crippen LogP contribution < -0.4 is 0 Å². The molecule has 1 unspecified atom stereocenters. The second kappa shape index (κ2) is 9.72. The predicted molar refractivity (Wildman–Crippen MR) is 98.6 cm³/mol. The van der Waals surface area contributed by atoms with E-state index in [1.165, 1.54) is 7.11 Å². The summed E-state index contributed by atoms with van der Waals surface area (Å²) in [6.45, 7) is 0. The van der Waals surface area contributed by atoms with Gasteiger partial charge >= 0.3 is 5.97 Å². The third-order valence-corrected chi connectivity index (χ3v) is 5.44. The molecule has 5 heteroatoms. The third kappa shape index (κ3) is 5.86. The van der Waals surface area contributed by atoms with Crippen LogP contribution in [0, 0.1) is 0 Å². The average molecular weight is 365 g/mol. The van der Waals surface area contributed by atoms with Crippen molar-refractivity contribution in [2.45, 2.75) is 30.6 Å². The lowest BCUT2D eigenvalue weighted by molar-refractivity contribution is -0.140. The van der Waals surface area contributed by atoms with Crippen LogP contribution in [0.25, 0.3) is 11.1 Å². The second-order valence-corrected chi connectivity index (χ2v) is 7.47. The molecule has 0 spiro atoms.